The molecule has 0 aliphatic carbocycles. The van der Waals surface area contributed by atoms with Crippen LogP contribution in [0.5, 0.6) is 0 Å². The van der Waals surface area contributed by atoms with Gasteiger partial charge >= 0.3 is 148 Å². The molecule has 0 aliphatic heterocycles. The molecular formula is C21H18AsFN4O2. The molecule has 2 radical (unpaired) electrons. The first kappa shape index (κ1) is 20.7. The number of rotatable bonds is 5. The third-order valence-corrected chi connectivity index (χ3v) is 4.99. The Morgan fingerprint density at radius 1 is 1.14 bits per heavy atom. The zero-order valence-electron chi connectivity index (χ0n) is 15.9. The van der Waals surface area contributed by atoms with Crippen molar-refractivity contribution in [2.75, 3.05) is 7.05 Å². The van der Waals surface area contributed by atoms with Crippen LogP contribution in [0.3, 0.4) is 0 Å². The van der Waals surface area contributed by atoms with Gasteiger partial charge in [-0.3, -0.25) is 0 Å². The number of benzene rings is 2. The number of hydrogen-bond donors (Lipinski definition) is 2. The van der Waals surface area contributed by atoms with Crippen molar-refractivity contribution in [2.45, 2.75) is 13.5 Å². The fraction of sp³-hybridized carbons (Fsp3) is 0.143. The van der Waals surface area contributed by atoms with E-state index in [4.69, 9.17) is 0 Å². The van der Waals surface area contributed by atoms with E-state index in [1.807, 2.05) is 0 Å². The maximum absolute atomic E-state index is 13.7. The number of halogens is 1. The number of aromatic nitrogens is 2. The monoisotopic (exact) mass is 452 g/mol. The maximum atomic E-state index is 13.7. The third-order valence-electron chi connectivity index (χ3n) is 4.31. The number of aryl methyl sites for hydroxylation is 1. The number of carbonyl (C=O) groups is 2. The number of nitrogens with one attached hydrogen (secondary N) is 2. The van der Waals surface area contributed by atoms with Crippen molar-refractivity contribution in [3.05, 3.63) is 76.9 Å². The fourth-order valence-corrected chi connectivity index (χ4v) is 3.08. The van der Waals surface area contributed by atoms with Crippen LogP contribution in [0.15, 0.2) is 48.7 Å². The third kappa shape index (κ3) is 4.87. The Hall–Kier alpha value is -3.05. The van der Waals surface area contributed by atoms with E-state index in [0.29, 0.717) is 32.4 Å². The normalized spacial score (nSPS) is 10.5. The van der Waals surface area contributed by atoms with Gasteiger partial charge in [0.2, 0.25) is 0 Å². The number of nitrogens with zero attached hydrogens (tertiary/aromatic N) is 2. The summed E-state index contributed by atoms with van der Waals surface area (Å²) in [6.07, 6.45) is 1.55. The average molecular weight is 452 g/mol. The van der Waals surface area contributed by atoms with Crippen molar-refractivity contribution in [3.8, 4) is 11.3 Å². The van der Waals surface area contributed by atoms with E-state index < -0.39 is 0 Å². The Balaban J connectivity index is 1.79. The second kappa shape index (κ2) is 8.97. The summed E-state index contributed by atoms with van der Waals surface area (Å²) in [5, 5.41) is 5.31. The van der Waals surface area contributed by atoms with E-state index >= 15 is 0 Å². The van der Waals surface area contributed by atoms with Crippen LogP contribution < -0.4 is 15.1 Å². The quantitative estimate of drug-likeness (QED) is 0.577. The predicted octanol–water partition coefficient (Wildman–Crippen LogP) is 1.67. The predicted molar refractivity (Wildman–Crippen MR) is 109 cm³/mol. The Labute approximate surface area is 176 Å². The van der Waals surface area contributed by atoms with Crippen LogP contribution in [-0.4, -0.2) is 45.7 Å². The molecule has 2 N–H and O–H groups in total. The van der Waals surface area contributed by atoms with E-state index in [2.05, 4.69) is 37.5 Å². The van der Waals surface area contributed by atoms with E-state index in [9.17, 15) is 14.0 Å². The van der Waals surface area contributed by atoms with Gasteiger partial charge in [0.15, 0.2) is 0 Å². The van der Waals surface area contributed by atoms with Crippen molar-refractivity contribution in [3.63, 3.8) is 0 Å². The molecule has 3 rings (SSSR count). The summed E-state index contributed by atoms with van der Waals surface area (Å²) in [6, 6.07) is 11.7. The molecule has 8 heteroatoms. The molecule has 146 valence electrons. The summed E-state index contributed by atoms with van der Waals surface area (Å²) < 4.78 is 14.1. The summed E-state index contributed by atoms with van der Waals surface area (Å²) in [5.74, 6) is -0.937. The van der Waals surface area contributed by atoms with Gasteiger partial charge in [0, 0.05) is 0 Å². The molecule has 6 nitrogen and oxygen atoms in total. The molecule has 3 aromatic rings. The summed E-state index contributed by atoms with van der Waals surface area (Å²) in [7, 11) is 1.52. The Bertz CT molecular complexity index is 1090. The zero-order chi connectivity index (χ0) is 21.0. The molecule has 1 aromatic heterocycles. The standard InChI is InChI=1S/C21H18AsFN4O2/c1-12-6-7-13(8-16(12)23)10-26-20(28)15-5-3-4-14(9-15)17-11-25-19(22)18(27-17)21(29)24-2/h3-9,11H,10H2,1-2H3,(H,24,29)(H,26,28). The summed E-state index contributed by atoms with van der Waals surface area (Å²) in [5.41, 5.74) is 3.01. The molecule has 2 aromatic carbocycles. The van der Waals surface area contributed by atoms with Gasteiger partial charge in [0.25, 0.3) is 0 Å². The van der Waals surface area contributed by atoms with Crippen molar-refractivity contribution in [2.24, 2.45) is 0 Å². The van der Waals surface area contributed by atoms with Crippen LogP contribution in [0.1, 0.15) is 32.0 Å². The molecule has 0 bridgehead atoms. The number of hydrogen-bond acceptors (Lipinski definition) is 4. The first-order valence-electron chi connectivity index (χ1n) is 8.81. The van der Waals surface area contributed by atoms with Crippen LogP contribution in [0.2, 0.25) is 0 Å². The minimum atomic E-state index is -0.339. The molecule has 29 heavy (non-hydrogen) atoms. The first-order valence-corrected chi connectivity index (χ1v) is 9.74. The van der Waals surface area contributed by atoms with Gasteiger partial charge in [0.05, 0.1) is 0 Å². The second-order valence-electron chi connectivity index (χ2n) is 6.35. The van der Waals surface area contributed by atoms with Gasteiger partial charge in [-0.25, -0.2) is 4.39 Å². The number of amides is 2. The van der Waals surface area contributed by atoms with Crippen molar-refractivity contribution in [1.82, 2.24) is 20.6 Å². The van der Waals surface area contributed by atoms with Gasteiger partial charge in [-0.05, 0) is 12.5 Å². The molecular weight excluding hydrogens is 434 g/mol. The molecule has 0 atom stereocenters. The van der Waals surface area contributed by atoms with E-state index in [1.54, 1.807) is 49.5 Å². The van der Waals surface area contributed by atoms with Crippen molar-refractivity contribution >= 4 is 33.1 Å². The van der Waals surface area contributed by atoms with E-state index in [0.717, 1.165) is 0 Å². The van der Waals surface area contributed by atoms with Crippen molar-refractivity contribution in [1.29, 1.82) is 0 Å². The molecule has 0 spiro atoms. The fourth-order valence-electron chi connectivity index (χ4n) is 2.64. The Kier molecular flexibility index (Phi) is 6.39. The van der Waals surface area contributed by atoms with Crippen LogP contribution >= 0.6 is 0 Å². The Morgan fingerprint density at radius 2 is 1.93 bits per heavy atom. The van der Waals surface area contributed by atoms with E-state index in [1.165, 1.54) is 13.1 Å². The Morgan fingerprint density at radius 3 is 2.66 bits per heavy atom. The van der Waals surface area contributed by atoms with Gasteiger partial charge < -0.3 is 0 Å². The van der Waals surface area contributed by atoms with Crippen molar-refractivity contribution < 1.29 is 14.0 Å². The average Bonchev–Trinajstić information content (AvgIpc) is 2.74. The number of carbonyl (C=O) groups excluding carboxylic acids is 2. The molecule has 0 fully saturated rings. The molecule has 0 unspecified atom stereocenters. The van der Waals surface area contributed by atoms with Crippen LogP contribution in [0, 0.1) is 12.7 Å². The van der Waals surface area contributed by atoms with Gasteiger partial charge in [-0.1, -0.05) is 6.07 Å². The molecule has 0 aliphatic rings. The van der Waals surface area contributed by atoms with Crippen LogP contribution in [0.4, 0.5) is 4.39 Å². The summed E-state index contributed by atoms with van der Waals surface area (Å²) in [6.45, 7) is 1.90. The van der Waals surface area contributed by atoms with Gasteiger partial charge in [0.1, 0.15) is 5.82 Å². The molecule has 2 amide bonds. The zero-order valence-corrected chi connectivity index (χ0v) is 17.7. The second-order valence-corrected chi connectivity index (χ2v) is 7.24. The van der Waals surface area contributed by atoms with Crippen LogP contribution in [-0.2, 0) is 6.54 Å². The first-order chi connectivity index (χ1) is 13.9. The minimum absolute atomic E-state index is 0.209. The molecule has 1 heterocycles. The molecule has 0 saturated carbocycles. The molecule has 0 saturated heterocycles. The summed E-state index contributed by atoms with van der Waals surface area (Å²) in [4.78, 5) is 33.0. The topological polar surface area (TPSA) is 84.0 Å². The summed E-state index contributed by atoms with van der Waals surface area (Å²) >= 11 is 2.21. The van der Waals surface area contributed by atoms with Crippen LogP contribution in [0.25, 0.3) is 11.3 Å². The van der Waals surface area contributed by atoms with Gasteiger partial charge in [-0.2, -0.15) is 0 Å². The SMILES string of the molecule is CNC(=O)c1nc(-c2cccc(C(=O)NCc3ccc(C)c(F)c3)c2)cnc1[As]. The van der Waals surface area contributed by atoms with Gasteiger partial charge in [-0.15, -0.1) is 0 Å². The van der Waals surface area contributed by atoms with E-state index in [-0.39, 0.29) is 29.9 Å².